The lowest BCUT2D eigenvalue weighted by atomic mass is 10.0. The Kier molecular flexibility index (Phi) is 15.5. The number of aromatic amines is 1. The van der Waals surface area contributed by atoms with E-state index in [4.69, 9.17) is 22.9 Å². The standard InChI is InChI=1S/C29H48N8O5/c30-14-6-3-10-21(33)26(38)35-23(12-4-7-15-31)27(39)37-25(17-19-18-34-22-11-2-1-9-20(19)22)28(40)36-24(29(41)42)13-5-8-16-32/h1-2,9,11,18,21,23-25,34H,3-8,10,12-17,30-33H2,(H,35,38)(H,36,40)(H,37,39)(H,41,42)/t21-,23-,24-,25-/m0/s1. The van der Waals surface area contributed by atoms with Gasteiger partial charge in [0.1, 0.15) is 18.1 Å². The van der Waals surface area contributed by atoms with E-state index in [9.17, 15) is 24.3 Å². The number of unbranched alkanes of at least 4 members (excludes halogenated alkanes) is 3. The fraction of sp³-hybridized carbons (Fsp3) is 0.586. The number of benzene rings is 1. The summed E-state index contributed by atoms with van der Waals surface area (Å²) in [7, 11) is 0. The first-order valence-corrected chi connectivity index (χ1v) is 14.8. The van der Waals surface area contributed by atoms with E-state index in [1.54, 1.807) is 6.20 Å². The number of carbonyl (C=O) groups is 4. The third-order valence-corrected chi connectivity index (χ3v) is 7.18. The SMILES string of the molecule is NCCCC[C@H](NC(=O)[C@H](Cc1c[nH]c2ccccc12)NC(=O)[C@H](CCCCN)NC(=O)[C@@H](N)CCCCN)C(=O)O. The molecule has 0 bridgehead atoms. The van der Waals surface area contributed by atoms with Crippen molar-refractivity contribution in [1.29, 1.82) is 0 Å². The molecule has 0 unspecified atom stereocenters. The number of nitrogens with two attached hydrogens (primary N) is 4. The van der Waals surface area contributed by atoms with Crippen LogP contribution < -0.4 is 38.9 Å². The van der Waals surface area contributed by atoms with Crippen LogP contribution in [0.3, 0.4) is 0 Å². The Morgan fingerprint density at radius 1 is 0.714 bits per heavy atom. The summed E-state index contributed by atoms with van der Waals surface area (Å²) >= 11 is 0. The van der Waals surface area contributed by atoms with Crippen molar-refractivity contribution >= 4 is 34.6 Å². The van der Waals surface area contributed by atoms with E-state index >= 15 is 0 Å². The number of nitrogens with one attached hydrogen (secondary N) is 4. The molecule has 3 amide bonds. The van der Waals surface area contributed by atoms with Crippen LogP contribution in [0.15, 0.2) is 30.5 Å². The maximum Gasteiger partial charge on any atom is 0.326 e. The third kappa shape index (κ3) is 11.4. The minimum Gasteiger partial charge on any atom is -0.480 e. The fourth-order valence-electron chi connectivity index (χ4n) is 4.70. The summed E-state index contributed by atoms with van der Waals surface area (Å²) in [6.45, 7) is 1.33. The molecule has 42 heavy (non-hydrogen) atoms. The molecule has 4 atom stereocenters. The Morgan fingerprint density at radius 3 is 1.86 bits per heavy atom. The second-order valence-corrected chi connectivity index (χ2v) is 10.5. The molecule has 1 aromatic heterocycles. The van der Waals surface area contributed by atoms with Gasteiger partial charge < -0.3 is 49.0 Å². The molecule has 0 saturated carbocycles. The molecule has 0 radical (unpaired) electrons. The van der Waals surface area contributed by atoms with E-state index in [-0.39, 0.29) is 12.8 Å². The van der Waals surface area contributed by atoms with E-state index in [1.807, 2.05) is 24.3 Å². The van der Waals surface area contributed by atoms with Crippen molar-refractivity contribution in [3.63, 3.8) is 0 Å². The summed E-state index contributed by atoms with van der Waals surface area (Å²) in [4.78, 5) is 54.9. The predicted octanol–water partition coefficient (Wildman–Crippen LogP) is -0.0363. The van der Waals surface area contributed by atoms with Crippen LogP contribution >= 0.6 is 0 Å². The number of aromatic nitrogens is 1. The summed E-state index contributed by atoms with van der Waals surface area (Å²) < 4.78 is 0. The zero-order valence-electron chi connectivity index (χ0n) is 24.3. The van der Waals surface area contributed by atoms with Gasteiger partial charge in [0.15, 0.2) is 0 Å². The number of fused-ring (bicyclic) bond motifs is 1. The van der Waals surface area contributed by atoms with Gasteiger partial charge in [0.25, 0.3) is 0 Å². The molecule has 0 fully saturated rings. The van der Waals surface area contributed by atoms with Crippen LogP contribution in [0.1, 0.15) is 63.4 Å². The van der Waals surface area contributed by atoms with Crippen molar-refractivity contribution in [2.75, 3.05) is 19.6 Å². The summed E-state index contributed by atoms with van der Waals surface area (Å²) in [5.41, 5.74) is 24.4. The molecular formula is C29H48N8O5. The average molecular weight is 589 g/mol. The highest BCUT2D eigenvalue weighted by molar-refractivity contribution is 5.94. The lowest BCUT2D eigenvalue weighted by Gasteiger charge is -2.25. The third-order valence-electron chi connectivity index (χ3n) is 7.18. The van der Waals surface area contributed by atoms with Crippen LogP contribution in [0.25, 0.3) is 10.9 Å². The van der Waals surface area contributed by atoms with Crippen molar-refractivity contribution in [3.8, 4) is 0 Å². The average Bonchev–Trinajstić information content (AvgIpc) is 3.38. The number of amides is 3. The van der Waals surface area contributed by atoms with Crippen molar-refractivity contribution in [2.45, 2.75) is 88.4 Å². The molecule has 234 valence electrons. The Bertz CT molecular complexity index is 1140. The van der Waals surface area contributed by atoms with Crippen molar-refractivity contribution in [2.24, 2.45) is 22.9 Å². The molecule has 1 aromatic carbocycles. The summed E-state index contributed by atoms with van der Waals surface area (Å²) in [5, 5.41) is 18.7. The van der Waals surface area contributed by atoms with Gasteiger partial charge in [0, 0.05) is 23.5 Å². The van der Waals surface area contributed by atoms with Crippen LogP contribution in [0.4, 0.5) is 0 Å². The number of para-hydroxylation sites is 1. The van der Waals surface area contributed by atoms with Gasteiger partial charge in [-0.25, -0.2) is 4.79 Å². The molecule has 13 heteroatoms. The summed E-state index contributed by atoms with van der Waals surface area (Å²) in [5.74, 6) is -2.85. The Labute approximate surface area is 246 Å². The second-order valence-electron chi connectivity index (χ2n) is 10.5. The highest BCUT2D eigenvalue weighted by atomic mass is 16.4. The molecule has 2 rings (SSSR count). The lowest BCUT2D eigenvalue weighted by Crippen LogP contribution is -2.57. The van der Waals surface area contributed by atoms with Crippen LogP contribution in [-0.2, 0) is 25.6 Å². The molecule has 0 saturated heterocycles. The molecule has 0 aliphatic carbocycles. The van der Waals surface area contributed by atoms with E-state index in [0.29, 0.717) is 64.6 Å². The number of carbonyl (C=O) groups excluding carboxylic acids is 3. The second kappa shape index (κ2) is 18.8. The van der Waals surface area contributed by atoms with Crippen molar-refractivity contribution in [3.05, 3.63) is 36.0 Å². The first kappa shape index (κ1) is 34.7. The van der Waals surface area contributed by atoms with Gasteiger partial charge in [0.05, 0.1) is 6.04 Å². The minimum absolute atomic E-state index is 0.0960. The van der Waals surface area contributed by atoms with Crippen molar-refractivity contribution < 1.29 is 24.3 Å². The highest BCUT2D eigenvalue weighted by Crippen LogP contribution is 2.19. The van der Waals surface area contributed by atoms with Gasteiger partial charge in [-0.05, 0) is 82.6 Å². The molecule has 0 spiro atoms. The molecule has 2 aromatic rings. The molecular weight excluding hydrogens is 540 g/mol. The molecule has 13 N–H and O–H groups in total. The van der Waals surface area contributed by atoms with E-state index < -0.39 is 47.9 Å². The number of aliphatic carboxylic acids is 1. The van der Waals surface area contributed by atoms with Gasteiger partial charge in [-0.15, -0.1) is 0 Å². The minimum atomic E-state index is -1.17. The zero-order chi connectivity index (χ0) is 30.9. The van der Waals surface area contributed by atoms with Crippen LogP contribution in [0.5, 0.6) is 0 Å². The summed E-state index contributed by atoms with van der Waals surface area (Å²) in [6.07, 6.45) is 6.53. The summed E-state index contributed by atoms with van der Waals surface area (Å²) in [6, 6.07) is 3.52. The fourth-order valence-corrected chi connectivity index (χ4v) is 4.70. The van der Waals surface area contributed by atoms with Gasteiger partial charge >= 0.3 is 5.97 Å². The molecule has 13 nitrogen and oxygen atoms in total. The van der Waals surface area contributed by atoms with E-state index in [0.717, 1.165) is 22.9 Å². The first-order chi connectivity index (χ1) is 20.2. The monoisotopic (exact) mass is 588 g/mol. The Balaban J connectivity index is 2.27. The molecule has 0 aliphatic heterocycles. The van der Waals surface area contributed by atoms with Gasteiger partial charge in [0.2, 0.25) is 17.7 Å². The number of carboxylic acid groups (broad SMARTS) is 1. The number of rotatable bonds is 21. The Morgan fingerprint density at radius 2 is 1.24 bits per heavy atom. The largest absolute Gasteiger partial charge is 0.480 e. The van der Waals surface area contributed by atoms with E-state index in [2.05, 4.69) is 20.9 Å². The number of hydrogen-bond donors (Lipinski definition) is 9. The zero-order valence-corrected chi connectivity index (χ0v) is 24.3. The number of H-pyrrole nitrogens is 1. The molecule has 1 heterocycles. The Hall–Kier alpha value is -3.52. The topological polar surface area (TPSA) is 244 Å². The van der Waals surface area contributed by atoms with Gasteiger partial charge in [-0.2, -0.15) is 0 Å². The van der Waals surface area contributed by atoms with Gasteiger partial charge in [-0.3, -0.25) is 14.4 Å². The van der Waals surface area contributed by atoms with Crippen molar-refractivity contribution in [1.82, 2.24) is 20.9 Å². The quantitative estimate of drug-likeness (QED) is 0.0887. The van der Waals surface area contributed by atoms with E-state index in [1.165, 1.54) is 0 Å². The normalized spacial score (nSPS) is 14.1. The van der Waals surface area contributed by atoms with Crippen LogP contribution in [-0.4, -0.2) is 77.6 Å². The van der Waals surface area contributed by atoms with Gasteiger partial charge in [-0.1, -0.05) is 24.6 Å². The number of hydrogen-bond acceptors (Lipinski definition) is 8. The molecule has 0 aliphatic rings. The predicted molar refractivity (Wildman–Crippen MR) is 162 cm³/mol. The maximum absolute atomic E-state index is 13.6. The highest BCUT2D eigenvalue weighted by Gasteiger charge is 2.30. The van der Waals surface area contributed by atoms with Crippen LogP contribution in [0, 0.1) is 0 Å². The lowest BCUT2D eigenvalue weighted by molar-refractivity contribution is -0.142. The smallest absolute Gasteiger partial charge is 0.326 e. The van der Waals surface area contributed by atoms with Crippen LogP contribution in [0.2, 0.25) is 0 Å². The maximum atomic E-state index is 13.6. The first-order valence-electron chi connectivity index (χ1n) is 14.8. The number of carboxylic acids is 1.